The van der Waals surface area contributed by atoms with Crippen LogP contribution in [0.25, 0.3) is 0 Å². The third-order valence-corrected chi connectivity index (χ3v) is 3.61. The molecule has 1 aromatic heterocycles. The lowest BCUT2D eigenvalue weighted by atomic mass is 10.2. The number of ether oxygens (including phenoxy) is 1. The van der Waals surface area contributed by atoms with Crippen molar-refractivity contribution in [2.75, 3.05) is 39.8 Å². The van der Waals surface area contributed by atoms with Gasteiger partial charge in [0, 0.05) is 37.6 Å². The molecule has 0 saturated heterocycles. The Morgan fingerprint density at radius 3 is 2.27 bits per heavy atom. The molecule has 122 valence electrons. The second kappa shape index (κ2) is 9.89. The van der Waals surface area contributed by atoms with Crippen LogP contribution >= 0.6 is 0 Å². The summed E-state index contributed by atoms with van der Waals surface area (Å²) in [5.41, 5.74) is 0.583. The zero-order valence-electron chi connectivity index (χ0n) is 13.6. The highest BCUT2D eigenvalue weighted by atomic mass is 16.5. The van der Waals surface area contributed by atoms with Gasteiger partial charge in [-0.1, -0.05) is 13.8 Å². The number of amides is 1. The van der Waals surface area contributed by atoms with Crippen molar-refractivity contribution in [1.82, 2.24) is 14.8 Å². The molecule has 0 aliphatic carbocycles. The quantitative estimate of drug-likeness (QED) is 0.646. The lowest BCUT2D eigenvalue weighted by molar-refractivity contribution is -0.140. The van der Waals surface area contributed by atoms with Gasteiger partial charge in [0.2, 0.25) is 0 Å². The minimum atomic E-state index is -0.310. The molecule has 0 aliphatic heterocycles. The monoisotopic (exact) mass is 307 g/mol. The Labute approximate surface area is 132 Å². The van der Waals surface area contributed by atoms with Gasteiger partial charge in [-0.2, -0.15) is 0 Å². The molecule has 0 aromatic carbocycles. The molecular formula is C16H25N3O3. The van der Waals surface area contributed by atoms with E-state index >= 15 is 0 Å². The van der Waals surface area contributed by atoms with E-state index in [0.29, 0.717) is 18.7 Å². The Kier molecular flexibility index (Phi) is 8.14. The Bertz CT molecular complexity index is 461. The number of carbonyl (C=O) groups is 2. The third-order valence-electron chi connectivity index (χ3n) is 3.61. The van der Waals surface area contributed by atoms with Gasteiger partial charge in [-0.05, 0) is 25.2 Å². The maximum absolute atomic E-state index is 12.6. The Hall–Kier alpha value is -1.95. The predicted molar refractivity (Wildman–Crippen MR) is 84.6 cm³/mol. The van der Waals surface area contributed by atoms with E-state index in [2.05, 4.69) is 28.5 Å². The van der Waals surface area contributed by atoms with Gasteiger partial charge in [0.1, 0.15) is 0 Å². The SMILES string of the molecule is CCN(CC)CCN(CCC(=O)OC)C(=O)c1ccncc1. The number of hydrogen-bond acceptors (Lipinski definition) is 5. The van der Waals surface area contributed by atoms with E-state index in [0.717, 1.165) is 19.6 Å². The van der Waals surface area contributed by atoms with Crippen molar-refractivity contribution in [1.29, 1.82) is 0 Å². The molecule has 0 spiro atoms. The highest BCUT2D eigenvalue weighted by Gasteiger charge is 2.17. The normalized spacial score (nSPS) is 10.5. The molecule has 0 bridgehead atoms. The van der Waals surface area contributed by atoms with E-state index in [9.17, 15) is 9.59 Å². The van der Waals surface area contributed by atoms with Crippen LogP contribution in [-0.4, -0.2) is 66.5 Å². The van der Waals surface area contributed by atoms with E-state index in [1.54, 1.807) is 29.4 Å². The largest absolute Gasteiger partial charge is 0.469 e. The van der Waals surface area contributed by atoms with E-state index in [-0.39, 0.29) is 18.3 Å². The first kappa shape index (κ1) is 18.1. The van der Waals surface area contributed by atoms with Crippen LogP contribution in [0.5, 0.6) is 0 Å². The van der Waals surface area contributed by atoms with Gasteiger partial charge in [-0.15, -0.1) is 0 Å². The average molecular weight is 307 g/mol. The van der Waals surface area contributed by atoms with Crippen LogP contribution in [0.1, 0.15) is 30.6 Å². The van der Waals surface area contributed by atoms with Crippen molar-refractivity contribution in [2.24, 2.45) is 0 Å². The van der Waals surface area contributed by atoms with Gasteiger partial charge in [0.15, 0.2) is 0 Å². The topological polar surface area (TPSA) is 62.7 Å². The number of pyridine rings is 1. The summed E-state index contributed by atoms with van der Waals surface area (Å²) in [5.74, 6) is -0.395. The second-order valence-corrected chi connectivity index (χ2v) is 4.88. The molecule has 1 amide bonds. The summed E-state index contributed by atoms with van der Waals surface area (Å²) in [6.07, 6.45) is 3.39. The number of likely N-dealkylation sites (N-methyl/N-ethyl adjacent to an activating group) is 1. The number of carbonyl (C=O) groups excluding carboxylic acids is 2. The van der Waals surface area contributed by atoms with Crippen molar-refractivity contribution >= 4 is 11.9 Å². The fourth-order valence-corrected chi connectivity index (χ4v) is 2.12. The molecule has 22 heavy (non-hydrogen) atoms. The van der Waals surface area contributed by atoms with E-state index in [4.69, 9.17) is 0 Å². The van der Waals surface area contributed by atoms with Crippen molar-refractivity contribution in [3.05, 3.63) is 30.1 Å². The van der Waals surface area contributed by atoms with Gasteiger partial charge >= 0.3 is 5.97 Å². The van der Waals surface area contributed by atoms with Gasteiger partial charge < -0.3 is 14.5 Å². The Morgan fingerprint density at radius 2 is 1.73 bits per heavy atom. The van der Waals surface area contributed by atoms with Crippen molar-refractivity contribution in [3.63, 3.8) is 0 Å². The molecule has 0 aliphatic rings. The van der Waals surface area contributed by atoms with E-state index in [1.807, 2.05) is 0 Å². The first-order valence-electron chi connectivity index (χ1n) is 7.60. The van der Waals surface area contributed by atoms with Crippen LogP contribution in [0, 0.1) is 0 Å². The van der Waals surface area contributed by atoms with Crippen LogP contribution in [0.4, 0.5) is 0 Å². The van der Waals surface area contributed by atoms with Crippen LogP contribution in [-0.2, 0) is 9.53 Å². The summed E-state index contributed by atoms with van der Waals surface area (Å²) in [6, 6.07) is 3.37. The Balaban J connectivity index is 2.72. The molecule has 1 rings (SSSR count). The lowest BCUT2D eigenvalue weighted by Gasteiger charge is -2.26. The second-order valence-electron chi connectivity index (χ2n) is 4.88. The summed E-state index contributed by atoms with van der Waals surface area (Å²) in [6.45, 7) is 7.77. The summed E-state index contributed by atoms with van der Waals surface area (Å²) in [4.78, 5) is 31.8. The summed E-state index contributed by atoms with van der Waals surface area (Å²) < 4.78 is 4.66. The van der Waals surface area contributed by atoms with E-state index in [1.165, 1.54) is 7.11 Å². The predicted octanol–water partition coefficient (Wildman–Crippen LogP) is 1.43. The molecule has 0 N–H and O–H groups in total. The third kappa shape index (κ3) is 5.81. The number of hydrogen-bond donors (Lipinski definition) is 0. The molecular weight excluding hydrogens is 282 g/mol. The standard InChI is InChI=1S/C16H25N3O3/c1-4-18(5-2)12-13-19(11-8-15(20)22-3)16(21)14-6-9-17-10-7-14/h6-7,9-10H,4-5,8,11-13H2,1-3H3. The molecule has 6 nitrogen and oxygen atoms in total. The average Bonchev–Trinajstić information content (AvgIpc) is 2.58. The molecule has 1 aromatic rings. The van der Waals surface area contributed by atoms with Crippen LogP contribution in [0.15, 0.2) is 24.5 Å². The highest BCUT2D eigenvalue weighted by molar-refractivity contribution is 5.94. The molecule has 0 unspecified atom stereocenters. The molecule has 0 saturated carbocycles. The zero-order valence-corrected chi connectivity index (χ0v) is 13.6. The number of methoxy groups -OCH3 is 1. The number of rotatable bonds is 9. The maximum atomic E-state index is 12.6. The van der Waals surface area contributed by atoms with Crippen molar-refractivity contribution < 1.29 is 14.3 Å². The molecule has 1 heterocycles. The Morgan fingerprint density at radius 1 is 1.09 bits per heavy atom. The fraction of sp³-hybridized carbons (Fsp3) is 0.562. The molecule has 6 heteroatoms. The van der Waals surface area contributed by atoms with Crippen LogP contribution in [0.2, 0.25) is 0 Å². The first-order valence-corrected chi connectivity index (χ1v) is 7.60. The summed E-state index contributed by atoms with van der Waals surface area (Å²) >= 11 is 0. The summed E-state index contributed by atoms with van der Waals surface area (Å²) in [5, 5.41) is 0. The number of aromatic nitrogens is 1. The van der Waals surface area contributed by atoms with E-state index < -0.39 is 0 Å². The van der Waals surface area contributed by atoms with Crippen LogP contribution in [0.3, 0.4) is 0 Å². The van der Waals surface area contributed by atoms with Gasteiger partial charge in [-0.25, -0.2) is 0 Å². The smallest absolute Gasteiger partial charge is 0.307 e. The zero-order chi connectivity index (χ0) is 16.4. The van der Waals surface area contributed by atoms with Gasteiger partial charge in [-0.3, -0.25) is 14.6 Å². The number of esters is 1. The van der Waals surface area contributed by atoms with Gasteiger partial charge in [0.05, 0.1) is 13.5 Å². The van der Waals surface area contributed by atoms with Crippen molar-refractivity contribution in [2.45, 2.75) is 20.3 Å². The minimum absolute atomic E-state index is 0.0848. The van der Waals surface area contributed by atoms with Crippen LogP contribution < -0.4 is 0 Å². The molecule has 0 atom stereocenters. The fourth-order valence-electron chi connectivity index (χ4n) is 2.12. The van der Waals surface area contributed by atoms with Crippen molar-refractivity contribution in [3.8, 4) is 0 Å². The maximum Gasteiger partial charge on any atom is 0.307 e. The number of nitrogens with zero attached hydrogens (tertiary/aromatic N) is 3. The van der Waals surface area contributed by atoms with Gasteiger partial charge in [0.25, 0.3) is 5.91 Å². The lowest BCUT2D eigenvalue weighted by Crippen LogP contribution is -2.39. The molecule has 0 fully saturated rings. The molecule has 0 radical (unpaired) electrons. The summed E-state index contributed by atoms with van der Waals surface area (Å²) in [7, 11) is 1.35. The first-order chi connectivity index (χ1) is 10.6. The highest BCUT2D eigenvalue weighted by Crippen LogP contribution is 2.05. The minimum Gasteiger partial charge on any atom is -0.469 e.